The first-order chi connectivity index (χ1) is 7.25. The molecule has 1 N–H and O–H groups in total. The van der Waals surface area contributed by atoms with Gasteiger partial charge in [0, 0.05) is 6.54 Å². The van der Waals surface area contributed by atoms with Crippen LogP contribution in [0.15, 0.2) is 6.20 Å². The molecule has 1 fully saturated rings. The quantitative estimate of drug-likeness (QED) is 0.879. The number of thiazole rings is 1. The molecule has 0 aliphatic heterocycles. The third-order valence-electron chi connectivity index (χ3n) is 3.25. The summed E-state index contributed by atoms with van der Waals surface area (Å²) in [5.41, 5.74) is 0. The molecule has 1 saturated carbocycles. The zero-order valence-electron chi connectivity index (χ0n) is 9.00. The van der Waals surface area contributed by atoms with E-state index in [0.29, 0.717) is 0 Å². The molecule has 0 amide bonds. The highest BCUT2D eigenvalue weighted by molar-refractivity contribution is 7.15. The number of hydrogen-bond donors (Lipinski definition) is 1. The summed E-state index contributed by atoms with van der Waals surface area (Å²) >= 11 is 7.38. The lowest BCUT2D eigenvalue weighted by Gasteiger charge is -2.15. The highest BCUT2D eigenvalue weighted by atomic mass is 35.5. The summed E-state index contributed by atoms with van der Waals surface area (Å²) in [6.45, 7) is 4.35. The highest BCUT2D eigenvalue weighted by Gasteiger charge is 2.22. The van der Waals surface area contributed by atoms with E-state index in [-0.39, 0.29) is 0 Å². The Labute approximate surface area is 100 Å². The Morgan fingerprint density at radius 3 is 3.07 bits per heavy atom. The van der Waals surface area contributed by atoms with Crippen molar-refractivity contribution in [2.45, 2.75) is 32.7 Å². The van der Waals surface area contributed by atoms with Gasteiger partial charge in [-0.2, -0.15) is 0 Å². The van der Waals surface area contributed by atoms with Gasteiger partial charge in [0.05, 0.1) is 6.20 Å². The SMILES string of the molecule is CC1CCCC1CNCc1ncc(Cl)s1. The van der Waals surface area contributed by atoms with Crippen molar-refractivity contribution in [2.24, 2.45) is 11.8 Å². The maximum atomic E-state index is 5.82. The lowest BCUT2D eigenvalue weighted by molar-refractivity contribution is 0.392. The van der Waals surface area contributed by atoms with Crippen molar-refractivity contribution in [1.82, 2.24) is 10.3 Å². The molecule has 0 spiro atoms. The van der Waals surface area contributed by atoms with E-state index in [1.165, 1.54) is 19.3 Å². The van der Waals surface area contributed by atoms with E-state index in [1.807, 2.05) is 0 Å². The second kappa shape index (κ2) is 5.28. The molecule has 1 aromatic heterocycles. The van der Waals surface area contributed by atoms with Gasteiger partial charge in [-0.05, 0) is 24.8 Å². The minimum Gasteiger partial charge on any atom is -0.310 e. The maximum absolute atomic E-state index is 5.82. The van der Waals surface area contributed by atoms with Crippen LogP contribution in [0.3, 0.4) is 0 Å². The van der Waals surface area contributed by atoms with Gasteiger partial charge in [-0.25, -0.2) is 4.98 Å². The van der Waals surface area contributed by atoms with Gasteiger partial charge in [0.1, 0.15) is 9.34 Å². The van der Waals surface area contributed by atoms with Gasteiger partial charge in [-0.3, -0.25) is 0 Å². The third-order valence-corrected chi connectivity index (χ3v) is 4.36. The molecular formula is C11H17ClN2S. The van der Waals surface area contributed by atoms with Crippen LogP contribution in [0.1, 0.15) is 31.2 Å². The number of rotatable bonds is 4. The van der Waals surface area contributed by atoms with Crippen molar-refractivity contribution in [1.29, 1.82) is 0 Å². The monoisotopic (exact) mass is 244 g/mol. The first-order valence-electron chi connectivity index (χ1n) is 5.56. The average Bonchev–Trinajstić information content (AvgIpc) is 2.77. The molecule has 0 aromatic carbocycles. The van der Waals surface area contributed by atoms with Crippen LogP contribution in [0.25, 0.3) is 0 Å². The molecule has 15 heavy (non-hydrogen) atoms. The molecule has 2 atom stereocenters. The molecule has 1 aliphatic rings. The van der Waals surface area contributed by atoms with Gasteiger partial charge in [0.25, 0.3) is 0 Å². The van der Waals surface area contributed by atoms with Gasteiger partial charge in [0.2, 0.25) is 0 Å². The van der Waals surface area contributed by atoms with E-state index in [4.69, 9.17) is 11.6 Å². The molecule has 0 bridgehead atoms. The fourth-order valence-corrected chi connectivity index (χ4v) is 3.19. The first-order valence-corrected chi connectivity index (χ1v) is 6.76. The Balaban J connectivity index is 1.70. The second-order valence-electron chi connectivity index (χ2n) is 4.36. The van der Waals surface area contributed by atoms with Gasteiger partial charge < -0.3 is 5.32 Å². The summed E-state index contributed by atoms with van der Waals surface area (Å²) in [4.78, 5) is 4.22. The number of aromatic nitrogens is 1. The zero-order valence-corrected chi connectivity index (χ0v) is 10.6. The smallest absolute Gasteiger partial charge is 0.113 e. The van der Waals surface area contributed by atoms with E-state index >= 15 is 0 Å². The minimum absolute atomic E-state index is 0.779. The Morgan fingerprint density at radius 1 is 1.60 bits per heavy atom. The second-order valence-corrected chi connectivity index (χ2v) is 6.10. The summed E-state index contributed by atoms with van der Waals surface area (Å²) < 4.78 is 0.779. The van der Waals surface area contributed by atoms with Gasteiger partial charge >= 0.3 is 0 Å². The third kappa shape index (κ3) is 3.16. The summed E-state index contributed by atoms with van der Waals surface area (Å²) in [7, 11) is 0. The van der Waals surface area contributed by atoms with E-state index in [1.54, 1.807) is 17.5 Å². The van der Waals surface area contributed by atoms with Crippen LogP contribution in [0, 0.1) is 11.8 Å². The summed E-state index contributed by atoms with van der Waals surface area (Å²) in [6, 6.07) is 0. The van der Waals surface area contributed by atoms with Crippen LogP contribution < -0.4 is 5.32 Å². The molecule has 84 valence electrons. The van der Waals surface area contributed by atoms with Crippen LogP contribution in [0.4, 0.5) is 0 Å². The van der Waals surface area contributed by atoms with Crippen molar-refractivity contribution >= 4 is 22.9 Å². The lowest BCUT2D eigenvalue weighted by Crippen LogP contribution is -2.23. The van der Waals surface area contributed by atoms with Crippen molar-refractivity contribution in [3.8, 4) is 0 Å². The summed E-state index contributed by atoms with van der Waals surface area (Å²) in [5.74, 6) is 1.75. The molecule has 0 radical (unpaired) electrons. The molecule has 1 aromatic rings. The molecule has 2 rings (SSSR count). The normalized spacial score (nSPS) is 26.0. The molecule has 1 heterocycles. The number of halogens is 1. The fraction of sp³-hybridized carbons (Fsp3) is 0.727. The highest BCUT2D eigenvalue weighted by Crippen LogP contribution is 2.30. The van der Waals surface area contributed by atoms with Crippen LogP contribution >= 0.6 is 22.9 Å². The predicted molar refractivity (Wildman–Crippen MR) is 65.3 cm³/mol. The van der Waals surface area contributed by atoms with E-state index in [9.17, 15) is 0 Å². The molecule has 1 aliphatic carbocycles. The molecule has 2 nitrogen and oxygen atoms in total. The summed E-state index contributed by atoms with van der Waals surface area (Å²) in [5, 5.41) is 4.57. The number of hydrogen-bond acceptors (Lipinski definition) is 3. The van der Waals surface area contributed by atoms with Gasteiger partial charge in [-0.15, -0.1) is 11.3 Å². The van der Waals surface area contributed by atoms with Crippen molar-refractivity contribution in [3.05, 3.63) is 15.5 Å². The standard InChI is InChI=1S/C11H17ClN2S/c1-8-3-2-4-9(8)5-13-7-11-14-6-10(12)15-11/h6,8-9,13H,2-5,7H2,1H3. The van der Waals surface area contributed by atoms with Crippen molar-refractivity contribution in [2.75, 3.05) is 6.54 Å². The molecule has 0 saturated heterocycles. The number of nitrogens with zero attached hydrogens (tertiary/aromatic N) is 1. The topological polar surface area (TPSA) is 24.9 Å². The van der Waals surface area contributed by atoms with E-state index in [2.05, 4.69) is 17.2 Å². The van der Waals surface area contributed by atoms with Crippen LogP contribution in [0.2, 0.25) is 4.34 Å². The van der Waals surface area contributed by atoms with Gasteiger partial charge in [-0.1, -0.05) is 31.4 Å². The van der Waals surface area contributed by atoms with Crippen LogP contribution in [-0.4, -0.2) is 11.5 Å². The Bertz CT molecular complexity index is 313. The van der Waals surface area contributed by atoms with Crippen molar-refractivity contribution < 1.29 is 0 Å². The molecule has 4 heteroatoms. The van der Waals surface area contributed by atoms with Crippen LogP contribution in [-0.2, 0) is 6.54 Å². The Morgan fingerprint density at radius 2 is 2.47 bits per heavy atom. The molecule has 2 unspecified atom stereocenters. The largest absolute Gasteiger partial charge is 0.310 e. The maximum Gasteiger partial charge on any atom is 0.113 e. The Kier molecular flexibility index (Phi) is 4.00. The minimum atomic E-state index is 0.779. The average molecular weight is 245 g/mol. The van der Waals surface area contributed by atoms with E-state index in [0.717, 1.165) is 34.3 Å². The van der Waals surface area contributed by atoms with E-state index < -0.39 is 0 Å². The van der Waals surface area contributed by atoms with Gasteiger partial charge in [0.15, 0.2) is 0 Å². The van der Waals surface area contributed by atoms with Crippen molar-refractivity contribution in [3.63, 3.8) is 0 Å². The zero-order chi connectivity index (χ0) is 10.7. The van der Waals surface area contributed by atoms with Crippen LogP contribution in [0.5, 0.6) is 0 Å². The summed E-state index contributed by atoms with van der Waals surface area (Å²) in [6.07, 6.45) is 5.90. The fourth-order valence-electron chi connectivity index (χ4n) is 2.26. The molecular weight excluding hydrogens is 228 g/mol. The number of nitrogens with one attached hydrogen (secondary N) is 1. The first kappa shape index (κ1) is 11.4. The lowest BCUT2D eigenvalue weighted by atomic mass is 9.98. The Hall–Kier alpha value is -0.120. The predicted octanol–water partition coefficient (Wildman–Crippen LogP) is 3.32.